The van der Waals surface area contributed by atoms with Crippen molar-refractivity contribution in [2.24, 2.45) is 0 Å². The van der Waals surface area contributed by atoms with Crippen LogP contribution in [0.1, 0.15) is 5.56 Å². The molecule has 2 aromatic rings. The maximum atomic E-state index is 13.6. The molecule has 0 saturated carbocycles. The maximum Gasteiger partial charge on any atom is 0.240 e. The van der Waals surface area contributed by atoms with Gasteiger partial charge in [-0.1, -0.05) is 17.7 Å². The first-order chi connectivity index (χ1) is 9.56. The normalized spacial score (nSPS) is 10.8. The Morgan fingerprint density at radius 3 is 3.00 bits per heavy atom. The van der Waals surface area contributed by atoms with Gasteiger partial charge < -0.3 is 5.32 Å². The van der Waals surface area contributed by atoms with Gasteiger partial charge in [0.15, 0.2) is 5.13 Å². The Kier molecular flexibility index (Phi) is 5.05. The summed E-state index contributed by atoms with van der Waals surface area (Å²) in [5.41, 5.74) is 0.388. The van der Waals surface area contributed by atoms with Crippen molar-refractivity contribution in [2.45, 2.75) is 6.54 Å². The van der Waals surface area contributed by atoms with E-state index in [1.807, 2.05) is 0 Å². The van der Waals surface area contributed by atoms with Gasteiger partial charge >= 0.3 is 0 Å². The largest absolute Gasteiger partial charge is 0.301 e. The van der Waals surface area contributed by atoms with E-state index in [9.17, 15) is 9.18 Å². The number of carbonyl (C=O) groups excluding carboxylic acids is 1. The van der Waals surface area contributed by atoms with Gasteiger partial charge in [0.2, 0.25) is 5.91 Å². The molecule has 0 unspecified atom stereocenters. The van der Waals surface area contributed by atoms with Gasteiger partial charge in [0.1, 0.15) is 5.82 Å². The molecule has 1 aromatic carbocycles. The van der Waals surface area contributed by atoms with Crippen LogP contribution in [-0.2, 0) is 11.3 Å². The molecule has 0 radical (unpaired) electrons. The van der Waals surface area contributed by atoms with Crippen molar-refractivity contribution < 1.29 is 9.18 Å². The molecular weight excluding hydrogens is 301 g/mol. The zero-order valence-electron chi connectivity index (χ0n) is 10.8. The molecule has 0 aliphatic rings. The highest BCUT2D eigenvalue weighted by atomic mass is 35.5. The molecule has 20 heavy (non-hydrogen) atoms. The highest BCUT2D eigenvalue weighted by Gasteiger charge is 2.13. The standard InChI is InChI=1S/C13H13ClFN3OS/c1-18(7-9-10(14)3-2-4-11(9)15)8-12(19)17-13-16-5-6-20-13/h2-6H,7-8H2,1H3,(H,16,17,19). The average Bonchev–Trinajstić information content (AvgIpc) is 2.86. The minimum Gasteiger partial charge on any atom is -0.301 e. The number of anilines is 1. The van der Waals surface area contributed by atoms with E-state index in [1.54, 1.807) is 35.7 Å². The van der Waals surface area contributed by atoms with Crippen LogP contribution in [0.2, 0.25) is 5.02 Å². The maximum absolute atomic E-state index is 13.6. The van der Waals surface area contributed by atoms with Gasteiger partial charge in [0, 0.05) is 28.7 Å². The zero-order valence-corrected chi connectivity index (χ0v) is 12.3. The van der Waals surface area contributed by atoms with Crippen LogP contribution >= 0.6 is 22.9 Å². The number of nitrogens with one attached hydrogen (secondary N) is 1. The van der Waals surface area contributed by atoms with E-state index in [1.165, 1.54) is 17.4 Å². The third-order valence-electron chi connectivity index (χ3n) is 2.58. The number of hydrogen-bond donors (Lipinski definition) is 1. The lowest BCUT2D eigenvalue weighted by Gasteiger charge is -2.17. The van der Waals surface area contributed by atoms with Crippen molar-refractivity contribution in [1.82, 2.24) is 9.88 Å². The fourth-order valence-corrected chi connectivity index (χ4v) is 2.47. The summed E-state index contributed by atoms with van der Waals surface area (Å²) in [7, 11) is 1.73. The van der Waals surface area contributed by atoms with Crippen LogP contribution in [0.3, 0.4) is 0 Å². The second-order valence-corrected chi connectivity index (χ2v) is 5.56. The molecule has 0 aliphatic carbocycles. The number of rotatable bonds is 5. The van der Waals surface area contributed by atoms with E-state index in [4.69, 9.17) is 11.6 Å². The van der Waals surface area contributed by atoms with Gasteiger partial charge in [-0.3, -0.25) is 9.69 Å². The minimum absolute atomic E-state index is 0.129. The summed E-state index contributed by atoms with van der Waals surface area (Å²) in [6.45, 7) is 0.390. The molecular formula is C13H13ClFN3OS. The number of carbonyl (C=O) groups is 1. The first-order valence-corrected chi connectivity index (χ1v) is 7.13. The Balaban J connectivity index is 1.92. The predicted octanol–water partition coefficient (Wildman–Crippen LogP) is 3.01. The number of thiazole rings is 1. The average molecular weight is 314 g/mol. The lowest BCUT2D eigenvalue weighted by Crippen LogP contribution is -2.30. The van der Waals surface area contributed by atoms with Crippen LogP contribution < -0.4 is 5.32 Å². The SMILES string of the molecule is CN(CC(=O)Nc1nccs1)Cc1c(F)cccc1Cl. The van der Waals surface area contributed by atoms with Crippen LogP contribution in [0.15, 0.2) is 29.8 Å². The molecule has 0 fully saturated rings. The second kappa shape index (κ2) is 6.78. The Hall–Kier alpha value is -1.50. The van der Waals surface area contributed by atoms with E-state index < -0.39 is 0 Å². The van der Waals surface area contributed by atoms with Crippen LogP contribution in [-0.4, -0.2) is 29.4 Å². The van der Waals surface area contributed by atoms with Crippen molar-refractivity contribution in [1.29, 1.82) is 0 Å². The highest BCUT2D eigenvalue weighted by molar-refractivity contribution is 7.13. The summed E-state index contributed by atoms with van der Waals surface area (Å²) in [6, 6.07) is 4.53. The Bertz CT molecular complexity index is 571. The predicted molar refractivity (Wildman–Crippen MR) is 78.5 cm³/mol. The number of benzene rings is 1. The monoisotopic (exact) mass is 313 g/mol. The first-order valence-electron chi connectivity index (χ1n) is 5.87. The van der Waals surface area contributed by atoms with Crippen molar-refractivity contribution >= 4 is 34.0 Å². The van der Waals surface area contributed by atoms with Gasteiger partial charge in [-0.05, 0) is 19.2 Å². The van der Waals surface area contributed by atoms with E-state index in [2.05, 4.69) is 10.3 Å². The minimum atomic E-state index is -0.371. The fourth-order valence-electron chi connectivity index (χ4n) is 1.70. The van der Waals surface area contributed by atoms with Crippen molar-refractivity contribution in [3.05, 3.63) is 46.2 Å². The molecule has 1 N–H and O–H groups in total. The van der Waals surface area contributed by atoms with Gasteiger partial charge in [-0.15, -0.1) is 11.3 Å². The summed E-state index contributed by atoms with van der Waals surface area (Å²) in [4.78, 5) is 17.4. The quantitative estimate of drug-likeness (QED) is 0.923. The zero-order chi connectivity index (χ0) is 14.5. The van der Waals surface area contributed by atoms with Crippen LogP contribution in [0.4, 0.5) is 9.52 Å². The summed E-state index contributed by atoms with van der Waals surface area (Å²) in [6.07, 6.45) is 1.61. The van der Waals surface area contributed by atoms with Gasteiger partial charge in [-0.25, -0.2) is 9.37 Å². The van der Waals surface area contributed by atoms with Gasteiger partial charge in [-0.2, -0.15) is 0 Å². The summed E-state index contributed by atoms with van der Waals surface area (Å²) in [5.74, 6) is -0.570. The molecule has 0 saturated heterocycles. The summed E-state index contributed by atoms with van der Waals surface area (Å²) in [5, 5.41) is 5.35. The number of nitrogens with zero attached hydrogens (tertiary/aromatic N) is 2. The lowest BCUT2D eigenvalue weighted by atomic mass is 10.2. The molecule has 106 valence electrons. The molecule has 4 nitrogen and oxygen atoms in total. The number of aromatic nitrogens is 1. The molecule has 0 spiro atoms. The van der Waals surface area contributed by atoms with E-state index in [-0.39, 0.29) is 24.8 Å². The molecule has 1 aromatic heterocycles. The van der Waals surface area contributed by atoms with Gasteiger partial charge in [0.05, 0.1) is 6.54 Å². The molecule has 1 amide bonds. The first kappa shape index (κ1) is 14.9. The van der Waals surface area contributed by atoms with Crippen LogP contribution in [0.5, 0.6) is 0 Å². The number of amides is 1. The summed E-state index contributed by atoms with van der Waals surface area (Å²) >= 11 is 7.29. The van der Waals surface area contributed by atoms with E-state index >= 15 is 0 Å². The van der Waals surface area contributed by atoms with Crippen LogP contribution in [0.25, 0.3) is 0 Å². The Labute approximate surface area is 125 Å². The highest BCUT2D eigenvalue weighted by Crippen LogP contribution is 2.20. The third-order valence-corrected chi connectivity index (χ3v) is 3.62. The number of halogens is 2. The van der Waals surface area contributed by atoms with Crippen molar-refractivity contribution in [3.8, 4) is 0 Å². The Morgan fingerprint density at radius 1 is 1.55 bits per heavy atom. The molecule has 7 heteroatoms. The topological polar surface area (TPSA) is 45.2 Å². The Morgan fingerprint density at radius 2 is 2.35 bits per heavy atom. The number of hydrogen-bond acceptors (Lipinski definition) is 4. The van der Waals surface area contributed by atoms with Gasteiger partial charge in [0.25, 0.3) is 0 Å². The molecule has 1 heterocycles. The number of likely N-dealkylation sites (N-methyl/N-ethyl adjacent to an activating group) is 1. The van der Waals surface area contributed by atoms with E-state index in [0.717, 1.165) is 0 Å². The smallest absolute Gasteiger partial charge is 0.240 e. The van der Waals surface area contributed by atoms with E-state index in [0.29, 0.717) is 15.7 Å². The molecule has 0 atom stereocenters. The lowest BCUT2D eigenvalue weighted by molar-refractivity contribution is -0.117. The van der Waals surface area contributed by atoms with Crippen LogP contribution in [0, 0.1) is 5.82 Å². The van der Waals surface area contributed by atoms with Crippen molar-refractivity contribution in [2.75, 3.05) is 18.9 Å². The molecule has 2 rings (SSSR count). The fraction of sp³-hybridized carbons (Fsp3) is 0.231. The molecule has 0 aliphatic heterocycles. The van der Waals surface area contributed by atoms with Crippen molar-refractivity contribution in [3.63, 3.8) is 0 Å². The second-order valence-electron chi connectivity index (χ2n) is 4.26. The third kappa shape index (κ3) is 4.00. The summed E-state index contributed by atoms with van der Waals surface area (Å²) < 4.78 is 13.6. The molecule has 0 bridgehead atoms.